The van der Waals surface area contributed by atoms with Crippen LogP contribution in [0, 0.1) is 0 Å². The summed E-state index contributed by atoms with van der Waals surface area (Å²) in [6.45, 7) is 4.54. The van der Waals surface area contributed by atoms with E-state index in [0.29, 0.717) is 11.9 Å². The number of rotatable bonds is 6. The van der Waals surface area contributed by atoms with Crippen molar-refractivity contribution in [1.82, 2.24) is 3.71 Å². The van der Waals surface area contributed by atoms with Crippen molar-refractivity contribution in [1.29, 1.82) is 0 Å². The average Bonchev–Trinajstić information content (AvgIpc) is 2.24. The molecule has 0 aliphatic heterocycles. The molecule has 0 rings (SSSR count). The summed E-state index contributed by atoms with van der Waals surface area (Å²) in [5.74, 6) is -1.01. The van der Waals surface area contributed by atoms with Gasteiger partial charge in [0.1, 0.15) is 8.86 Å². The summed E-state index contributed by atoms with van der Waals surface area (Å²) in [7, 11) is -6.08. The molecule has 0 unspecified atom stereocenters. The van der Waals surface area contributed by atoms with Gasteiger partial charge in [0.15, 0.2) is 9.84 Å². The Morgan fingerprint density at radius 1 is 1.05 bits per heavy atom. The van der Waals surface area contributed by atoms with Crippen LogP contribution in [-0.4, -0.2) is 43.8 Å². The molecule has 0 atom stereocenters. The van der Waals surface area contributed by atoms with Crippen LogP contribution in [0.15, 0.2) is 8.86 Å². The standard InChI is InChI=1S/C9H16Cl3NO4S3/c1-9(2,3)19(14,15)5-6-20(16,17)13(4)18-8(12)7(10)11/h5-6H2,1-4H3. The fraction of sp³-hybridized carbons (Fsp3) is 0.778. The Morgan fingerprint density at radius 3 is 1.85 bits per heavy atom. The van der Waals surface area contributed by atoms with Crippen molar-refractivity contribution in [2.24, 2.45) is 0 Å². The van der Waals surface area contributed by atoms with Gasteiger partial charge in [-0.2, -0.15) is 0 Å². The highest BCUT2D eigenvalue weighted by Gasteiger charge is 2.31. The molecule has 0 aliphatic carbocycles. The molecule has 0 amide bonds. The molecule has 0 heterocycles. The molecule has 0 saturated carbocycles. The van der Waals surface area contributed by atoms with E-state index in [2.05, 4.69) is 0 Å². The number of hydrogen-bond acceptors (Lipinski definition) is 5. The predicted molar refractivity (Wildman–Crippen MR) is 87.3 cm³/mol. The van der Waals surface area contributed by atoms with Gasteiger partial charge in [-0.25, -0.2) is 16.8 Å². The lowest BCUT2D eigenvalue weighted by molar-refractivity contribution is 0.553. The second-order valence-electron chi connectivity index (χ2n) is 4.78. The Balaban J connectivity index is 4.92. The Kier molecular flexibility index (Phi) is 7.69. The second-order valence-corrected chi connectivity index (χ2v) is 12.7. The second kappa shape index (κ2) is 7.39. The quantitative estimate of drug-likeness (QED) is 0.636. The van der Waals surface area contributed by atoms with Crippen LogP contribution in [0.2, 0.25) is 0 Å². The smallest absolute Gasteiger partial charge is 0.224 e. The topological polar surface area (TPSA) is 71.5 Å². The van der Waals surface area contributed by atoms with Crippen molar-refractivity contribution in [2.45, 2.75) is 25.5 Å². The molecular formula is C9H16Cl3NO4S3. The molecule has 0 fully saturated rings. The highest BCUT2D eigenvalue weighted by Crippen LogP contribution is 2.32. The van der Waals surface area contributed by atoms with E-state index in [9.17, 15) is 16.8 Å². The zero-order chi connectivity index (χ0) is 16.4. The van der Waals surface area contributed by atoms with Crippen LogP contribution in [0.1, 0.15) is 20.8 Å². The highest BCUT2D eigenvalue weighted by atomic mass is 35.5. The van der Waals surface area contributed by atoms with Gasteiger partial charge < -0.3 is 0 Å². The summed E-state index contributed by atoms with van der Waals surface area (Å²) < 4.78 is 47.1. The summed E-state index contributed by atoms with van der Waals surface area (Å²) in [4.78, 5) is 0. The molecule has 0 N–H and O–H groups in total. The lowest BCUT2D eigenvalue weighted by atomic mass is 10.3. The lowest BCUT2D eigenvalue weighted by Crippen LogP contribution is -2.35. The lowest BCUT2D eigenvalue weighted by Gasteiger charge is -2.20. The summed E-state index contributed by atoms with van der Waals surface area (Å²) >= 11 is 17.1. The third kappa shape index (κ3) is 6.29. The Labute approximate surface area is 139 Å². The molecule has 5 nitrogen and oxygen atoms in total. The summed E-state index contributed by atoms with van der Waals surface area (Å²) in [6.07, 6.45) is 0. The first-order valence-electron chi connectivity index (χ1n) is 5.28. The minimum absolute atomic E-state index is 0.113. The van der Waals surface area contributed by atoms with E-state index in [1.807, 2.05) is 0 Å². The summed E-state index contributed by atoms with van der Waals surface area (Å²) in [6, 6.07) is 0. The average molecular weight is 405 g/mol. The maximum Gasteiger partial charge on any atom is 0.224 e. The number of hydrogen-bond donors (Lipinski definition) is 0. The minimum Gasteiger partial charge on any atom is -0.228 e. The van der Waals surface area contributed by atoms with E-state index in [4.69, 9.17) is 34.8 Å². The third-order valence-corrected chi connectivity index (χ3v) is 9.38. The molecule has 0 aliphatic rings. The van der Waals surface area contributed by atoms with Gasteiger partial charge >= 0.3 is 0 Å². The van der Waals surface area contributed by atoms with Gasteiger partial charge in [0, 0.05) is 7.05 Å². The van der Waals surface area contributed by atoms with Gasteiger partial charge in [0.05, 0.1) is 16.3 Å². The first-order chi connectivity index (χ1) is 8.71. The normalized spacial score (nSPS) is 13.6. The van der Waals surface area contributed by atoms with Gasteiger partial charge in [-0.15, -0.1) is 3.71 Å². The molecule has 0 aromatic carbocycles. The monoisotopic (exact) mass is 403 g/mol. The predicted octanol–water partition coefficient (Wildman–Crippen LogP) is 2.95. The van der Waals surface area contributed by atoms with Crippen LogP contribution >= 0.6 is 46.8 Å². The first-order valence-corrected chi connectivity index (χ1v) is 10.5. The van der Waals surface area contributed by atoms with Gasteiger partial charge in [-0.05, 0) is 32.7 Å². The molecule has 11 heteroatoms. The van der Waals surface area contributed by atoms with E-state index in [1.54, 1.807) is 0 Å². The number of halogens is 3. The molecule has 0 spiro atoms. The third-order valence-electron chi connectivity index (χ3n) is 2.29. The Morgan fingerprint density at radius 2 is 1.50 bits per heavy atom. The van der Waals surface area contributed by atoms with Crippen molar-refractivity contribution in [3.8, 4) is 0 Å². The van der Waals surface area contributed by atoms with Crippen LogP contribution in [0.3, 0.4) is 0 Å². The van der Waals surface area contributed by atoms with E-state index >= 15 is 0 Å². The molecule has 0 bridgehead atoms. The highest BCUT2D eigenvalue weighted by molar-refractivity contribution is 8.12. The van der Waals surface area contributed by atoms with Gasteiger partial charge in [0.25, 0.3) is 0 Å². The van der Waals surface area contributed by atoms with Gasteiger partial charge in [0.2, 0.25) is 10.0 Å². The van der Waals surface area contributed by atoms with E-state index in [0.717, 1.165) is 3.71 Å². The largest absolute Gasteiger partial charge is 0.228 e. The molecule has 120 valence electrons. The van der Waals surface area contributed by atoms with E-state index in [1.165, 1.54) is 27.8 Å². The Bertz CT molecular complexity index is 574. The number of sulfonamides is 1. The maximum absolute atomic E-state index is 11.9. The fourth-order valence-electron chi connectivity index (χ4n) is 0.854. The SMILES string of the molecule is CN(SC(Cl)=C(Cl)Cl)S(=O)(=O)CCS(=O)(=O)C(C)(C)C. The van der Waals surface area contributed by atoms with Crippen LogP contribution in [0.5, 0.6) is 0 Å². The molecule has 0 saturated heterocycles. The Hall–Kier alpha value is 0.820. The molecule has 20 heavy (non-hydrogen) atoms. The zero-order valence-electron chi connectivity index (χ0n) is 11.4. The molecule has 0 aromatic rings. The van der Waals surface area contributed by atoms with Crippen molar-refractivity contribution in [2.75, 3.05) is 18.6 Å². The first kappa shape index (κ1) is 20.8. The van der Waals surface area contributed by atoms with Gasteiger partial charge in [-0.3, -0.25) is 0 Å². The molecule has 0 radical (unpaired) electrons. The summed E-state index contributed by atoms with van der Waals surface area (Å²) in [5.41, 5.74) is 0. The number of sulfone groups is 1. The van der Waals surface area contributed by atoms with E-state index in [-0.39, 0.29) is 8.86 Å². The maximum atomic E-state index is 11.9. The van der Waals surface area contributed by atoms with Crippen LogP contribution < -0.4 is 0 Å². The van der Waals surface area contributed by atoms with Crippen LogP contribution in [-0.2, 0) is 19.9 Å². The zero-order valence-corrected chi connectivity index (χ0v) is 16.1. The van der Waals surface area contributed by atoms with Crippen LogP contribution in [0.4, 0.5) is 0 Å². The summed E-state index contributed by atoms with van der Waals surface area (Å²) in [5, 5.41) is 0. The van der Waals surface area contributed by atoms with Gasteiger partial charge in [-0.1, -0.05) is 34.8 Å². The van der Waals surface area contributed by atoms with Crippen molar-refractivity contribution >= 4 is 66.6 Å². The van der Waals surface area contributed by atoms with E-state index < -0.39 is 36.1 Å². The van der Waals surface area contributed by atoms with Crippen molar-refractivity contribution < 1.29 is 16.8 Å². The molecule has 0 aromatic heterocycles. The van der Waals surface area contributed by atoms with Crippen molar-refractivity contribution in [3.05, 3.63) is 8.86 Å². The minimum atomic E-state index is -3.80. The van der Waals surface area contributed by atoms with Crippen LogP contribution in [0.25, 0.3) is 0 Å². The number of nitrogens with zero attached hydrogens (tertiary/aromatic N) is 1. The van der Waals surface area contributed by atoms with Crippen molar-refractivity contribution in [3.63, 3.8) is 0 Å². The fourth-order valence-corrected chi connectivity index (χ4v) is 5.28. The molecular weight excluding hydrogens is 389 g/mol.